The van der Waals surface area contributed by atoms with Crippen molar-refractivity contribution in [3.05, 3.63) is 41.8 Å². The number of ether oxygens (including phenoxy) is 1. The van der Waals surface area contributed by atoms with Gasteiger partial charge < -0.3 is 19.3 Å². The number of ketones is 1. The second-order valence-electron chi connectivity index (χ2n) is 7.59. The van der Waals surface area contributed by atoms with Crippen LogP contribution in [0.1, 0.15) is 38.2 Å². The fourth-order valence-electron chi connectivity index (χ4n) is 3.42. The van der Waals surface area contributed by atoms with Crippen molar-refractivity contribution in [3.63, 3.8) is 0 Å². The Morgan fingerprint density at radius 1 is 1.36 bits per heavy atom. The van der Waals surface area contributed by atoms with Gasteiger partial charge in [0.05, 0.1) is 12.7 Å². The van der Waals surface area contributed by atoms with E-state index in [0.29, 0.717) is 31.3 Å². The van der Waals surface area contributed by atoms with Crippen molar-refractivity contribution >= 4 is 17.5 Å². The summed E-state index contributed by atoms with van der Waals surface area (Å²) in [5.41, 5.74) is 1.12. The van der Waals surface area contributed by atoms with Gasteiger partial charge in [-0.2, -0.15) is 4.98 Å². The van der Waals surface area contributed by atoms with Gasteiger partial charge in [-0.25, -0.2) is 9.37 Å². The highest BCUT2D eigenvalue weighted by Crippen LogP contribution is 2.27. The molecule has 3 rings (SSSR count). The summed E-state index contributed by atoms with van der Waals surface area (Å²) in [7, 11) is 3.65. The van der Waals surface area contributed by atoms with Crippen molar-refractivity contribution in [1.82, 2.24) is 9.97 Å². The molecule has 150 valence electrons. The van der Waals surface area contributed by atoms with Gasteiger partial charge >= 0.3 is 0 Å². The number of hydrogen-bond acceptors (Lipinski definition) is 6. The normalized spacial score (nSPS) is 17.5. The smallest absolute Gasteiger partial charge is 0.226 e. The molecule has 1 aliphatic heterocycles. The van der Waals surface area contributed by atoms with Crippen LogP contribution in [0, 0.1) is 5.82 Å². The fraction of sp³-hybridized carbons (Fsp3) is 0.476. The van der Waals surface area contributed by atoms with Crippen LogP contribution in [-0.2, 0) is 4.79 Å². The zero-order valence-corrected chi connectivity index (χ0v) is 16.9. The molecule has 0 spiro atoms. The predicted molar refractivity (Wildman–Crippen MR) is 108 cm³/mol. The van der Waals surface area contributed by atoms with Crippen LogP contribution >= 0.6 is 0 Å². The van der Waals surface area contributed by atoms with E-state index in [0.717, 1.165) is 17.7 Å². The van der Waals surface area contributed by atoms with Gasteiger partial charge in [0.15, 0.2) is 11.6 Å². The first kappa shape index (κ1) is 20.0. The number of anilines is 2. The molecule has 0 unspecified atom stereocenters. The van der Waals surface area contributed by atoms with E-state index in [1.807, 2.05) is 50.2 Å². The number of carbonyl (C=O) groups is 1. The van der Waals surface area contributed by atoms with Gasteiger partial charge in [-0.1, -0.05) is 19.1 Å². The minimum Gasteiger partial charge on any atom is -0.489 e. The van der Waals surface area contributed by atoms with E-state index in [9.17, 15) is 9.18 Å². The quantitative estimate of drug-likeness (QED) is 0.727. The van der Waals surface area contributed by atoms with E-state index in [-0.39, 0.29) is 17.8 Å². The van der Waals surface area contributed by atoms with E-state index < -0.39 is 5.82 Å². The van der Waals surface area contributed by atoms with E-state index in [4.69, 9.17) is 4.74 Å². The van der Waals surface area contributed by atoms with Crippen LogP contribution in [0.25, 0.3) is 0 Å². The number of Topliss-reactive ketones (excluding diaryl/α,β-unsaturated/α-hetero) is 1. The van der Waals surface area contributed by atoms with Crippen LogP contribution in [0.5, 0.6) is 5.75 Å². The first-order valence-electron chi connectivity index (χ1n) is 9.54. The van der Waals surface area contributed by atoms with Crippen molar-refractivity contribution in [3.8, 4) is 5.75 Å². The van der Waals surface area contributed by atoms with Crippen molar-refractivity contribution in [2.75, 3.05) is 37.0 Å². The molecule has 28 heavy (non-hydrogen) atoms. The monoisotopic (exact) mass is 386 g/mol. The van der Waals surface area contributed by atoms with Gasteiger partial charge in [0.25, 0.3) is 0 Å². The average Bonchev–Trinajstić information content (AvgIpc) is 3.10. The molecule has 0 saturated carbocycles. The van der Waals surface area contributed by atoms with Crippen molar-refractivity contribution in [2.45, 2.75) is 38.7 Å². The molecule has 0 aliphatic carbocycles. The first-order chi connectivity index (χ1) is 13.3. The van der Waals surface area contributed by atoms with Gasteiger partial charge in [-0.3, -0.25) is 0 Å². The summed E-state index contributed by atoms with van der Waals surface area (Å²) in [6.07, 6.45) is 2.52. The molecule has 2 atom stereocenters. The van der Waals surface area contributed by atoms with E-state index in [2.05, 4.69) is 9.97 Å². The largest absolute Gasteiger partial charge is 0.489 e. The Hall–Kier alpha value is -2.70. The Balaban J connectivity index is 1.62. The molecule has 0 N–H and O–H groups in total. The molecule has 2 aromatic rings. The van der Waals surface area contributed by atoms with Crippen molar-refractivity contribution < 1.29 is 13.9 Å². The molecule has 1 aromatic heterocycles. The number of aromatic nitrogens is 2. The molecule has 1 aliphatic rings. The van der Waals surface area contributed by atoms with Crippen LogP contribution in [0.2, 0.25) is 0 Å². The van der Waals surface area contributed by atoms with E-state index in [1.54, 1.807) is 11.8 Å². The summed E-state index contributed by atoms with van der Waals surface area (Å²) in [5.74, 6) is 1.54. The van der Waals surface area contributed by atoms with Gasteiger partial charge in [0.2, 0.25) is 5.95 Å². The number of nitrogens with zero attached hydrogens (tertiary/aromatic N) is 4. The number of carbonyl (C=O) groups excluding carboxylic acids is 1. The summed E-state index contributed by atoms with van der Waals surface area (Å²) in [6, 6.07) is 7.88. The third kappa shape index (κ3) is 4.77. The minimum absolute atomic E-state index is 0.0299. The molecule has 0 radical (unpaired) electrons. The summed E-state index contributed by atoms with van der Waals surface area (Å²) in [6.45, 7) is 4.91. The SMILES string of the molecule is CC(=O)C[C@@H](C)c1ccc(O[C@@H]2CCN(c3nc(N(C)C)ncc3F)C2)cc1. The topological polar surface area (TPSA) is 58.6 Å². The summed E-state index contributed by atoms with van der Waals surface area (Å²) in [4.78, 5) is 23.3. The van der Waals surface area contributed by atoms with Crippen LogP contribution in [0.4, 0.5) is 16.2 Å². The molecule has 2 heterocycles. The lowest BCUT2D eigenvalue weighted by atomic mass is 9.96. The molecule has 1 aromatic carbocycles. The summed E-state index contributed by atoms with van der Waals surface area (Å²) >= 11 is 0. The molecule has 7 heteroatoms. The second-order valence-corrected chi connectivity index (χ2v) is 7.59. The maximum absolute atomic E-state index is 14.2. The summed E-state index contributed by atoms with van der Waals surface area (Å²) in [5, 5.41) is 0. The number of rotatable bonds is 7. The van der Waals surface area contributed by atoms with Crippen molar-refractivity contribution in [1.29, 1.82) is 0 Å². The molecular formula is C21H27FN4O2. The van der Waals surface area contributed by atoms with Crippen LogP contribution in [-0.4, -0.2) is 49.0 Å². The van der Waals surface area contributed by atoms with Gasteiger partial charge in [-0.15, -0.1) is 0 Å². The lowest BCUT2D eigenvalue weighted by Crippen LogP contribution is -2.27. The Morgan fingerprint density at radius 3 is 2.71 bits per heavy atom. The van der Waals surface area contributed by atoms with Gasteiger partial charge in [0, 0.05) is 33.5 Å². The van der Waals surface area contributed by atoms with E-state index >= 15 is 0 Å². The highest BCUT2D eigenvalue weighted by molar-refractivity contribution is 5.76. The molecular weight excluding hydrogens is 359 g/mol. The fourth-order valence-corrected chi connectivity index (χ4v) is 3.42. The Labute approximate surface area is 165 Å². The molecule has 1 fully saturated rings. The molecule has 0 amide bonds. The highest BCUT2D eigenvalue weighted by Gasteiger charge is 2.27. The highest BCUT2D eigenvalue weighted by atomic mass is 19.1. The zero-order valence-electron chi connectivity index (χ0n) is 16.9. The van der Waals surface area contributed by atoms with Gasteiger partial charge in [0.1, 0.15) is 17.6 Å². The Bertz CT molecular complexity index is 826. The van der Waals surface area contributed by atoms with Crippen LogP contribution in [0.15, 0.2) is 30.5 Å². The molecule has 0 bridgehead atoms. The second kappa shape index (κ2) is 8.54. The van der Waals surface area contributed by atoms with Crippen LogP contribution in [0.3, 0.4) is 0 Å². The number of halogens is 1. The number of benzene rings is 1. The van der Waals surface area contributed by atoms with Crippen molar-refractivity contribution in [2.24, 2.45) is 0 Å². The minimum atomic E-state index is -0.421. The maximum atomic E-state index is 14.2. The summed E-state index contributed by atoms with van der Waals surface area (Å²) < 4.78 is 20.3. The maximum Gasteiger partial charge on any atom is 0.226 e. The molecule has 6 nitrogen and oxygen atoms in total. The lowest BCUT2D eigenvalue weighted by molar-refractivity contribution is -0.117. The van der Waals surface area contributed by atoms with Crippen LogP contribution < -0.4 is 14.5 Å². The third-order valence-electron chi connectivity index (χ3n) is 4.90. The molecule has 1 saturated heterocycles. The predicted octanol–water partition coefficient (Wildman–Crippen LogP) is 3.42. The average molecular weight is 386 g/mol. The van der Waals surface area contributed by atoms with Gasteiger partial charge in [-0.05, 0) is 30.5 Å². The Morgan fingerprint density at radius 2 is 2.07 bits per heavy atom. The third-order valence-corrected chi connectivity index (χ3v) is 4.90. The first-order valence-corrected chi connectivity index (χ1v) is 9.54. The lowest BCUT2D eigenvalue weighted by Gasteiger charge is -2.20. The zero-order chi connectivity index (χ0) is 20.3. The standard InChI is InChI=1S/C21H27FN4O2/c1-14(11-15(2)27)16-5-7-17(8-6-16)28-18-9-10-26(13-18)20-19(22)12-23-21(24-20)25(3)4/h5-8,12,14,18H,9-11,13H2,1-4H3/t14-,18-/m1/s1. The number of hydrogen-bond donors (Lipinski definition) is 0. The van der Waals surface area contributed by atoms with E-state index in [1.165, 1.54) is 6.20 Å². The Kier molecular flexibility index (Phi) is 6.11.